The van der Waals surface area contributed by atoms with Gasteiger partial charge in [-0.25, -0.2) is 15.0 Å². The number of imidazole rings is 1. The third-order valence-electron chi connectivity index (χ3n) is 9.44. The number of hydrogen-bond acceptors (Lipinski definition) is 12. The number of carbonyl (C=O) groups is 1. The van der Waals surface area contributed by atoms with Crippen molar-refractivity contribution in [1.29, 1.82) is 5.26 Å². The van der Waals surface area contributed by atoms with Gasteiger partial charge >= 0.3 is 0 Å². The molecule has 1 saturated heterocycles. The van der Waals surface area contributed by atoms with Crippen LogP contribution < -0.4 is 25.4 Å². The largest absolute Gasteiger partial charge is 0.461 e. The van der Waals surface area contributed by atoms with Crippen LogP contribution in [-0.2, 0) is 11.3 Å². The number of furan rings is 1. The molecule has 0 unspecified atom stereocenters. The van der Waals surface area contributed by atoms with Crippen molar-refractivity contribution in [2.75, 3.05) is 57.2 Å². The highest BCUT2D eigenvalue weighted by Gasteiger charge is 2.24. The summed E-state index contributed by atoms with van der Waals surface area (Å²) >= 11 is 1.42. The van der Waals surface area contributed by atoms with Crippen LogP contribution in [0.2, 0.25) is 0 Å². The van der Waals surface area contributed by atoms with E-state index in [2.05, 4.69) is 56.4 Å². The average Bonchev–Trinajstić information content (AvgIpc) is 3.91. The first-order chi connectivity index (χ1) is 25.8. The predicted octanol–water partition coefficient (Wildman–Crippen LogP) is 5.88. The van der Waals surface area contributed by atoms with Gasteiger partial charge in [-0.3, -0.25) is 4.79 Å². The molecular formula is C39H37N9O4S. The number of aryl methyl sites for hydroxylation is 2. The number of aromatic nitrogens is 4. The molecule has 2 aliphatic heterocycles. The molecule has 1 fully saturated rings. The molecule has 0 atom stereocenters. The fraction of sp³-hybridized carbons (Fsp3) is 0.256. The maximum Gasteiger partial charge on any atom is 0.261 e. The maximum absolute atomic E-state index is 13.2. The summed E-state index contributed by atoms with van der Waals surface area (Å²) in [6.07, 6.45) is 3.57. The SMILES string of the molecule is Cc1ccc(-c2cc3c(cc2Sc2nc4c(N)ncnc4n2CCCNC(=O)/C(C#N)=C/c2ccc4cc(N5CCN(C)CC5)ccc4c2)OCO3)o1. The van der Waals surface area contributed by atoms with E-state index in [1.165, 1.54) is 23.8 Å². The number of fused-ring (bicyclic) bond motifs is 3. The van der Waals surface area contributed by atoms with Crippen molar-refractivity contribution >= 4 is 57.2 Å². The number of nitriles is 1. The fourth-order valence-corrected chi connectivity index (χ4v) is 7.60. The lowest BCUT2D eigenvalue weighted by Crippen LogP contribution is -2.44. The topological polar surface area (TPSA) is 161 Å². The highest BCUT2D eigenvalue weighted by Crippen LogP contribution is 2.45. The van der Waals surface area contributed by atoms with E-state index in [1.54, 1.807) is 6.08 Å². The number of rotatable bonds is 10. The zero-order valence-electron chi connectivity index (χ0n) is 29.3. The zero-order valence-corrected chi connectivity index (χ0v) is 30.2. The van der Waals surface area contributed by atoms with E-state index in [0.717, 1.165) is 58.7 Å². The Morgan fingerprint density at radius 1 is 1.02 bits per heavy atom. The number of nitrogens with zero attached hydrogens (tertiary/aromatic N) is 7. The number of nitrogen functional groups attached to an aromatic ring is 1. The molecule has 2 aliphatic rings. The van der Waals surface area contributed by atoms with E-state index in [0.29, 0.717) is 53.1 Å². The van der Waals surface area contributed by atoms with Crippen LogP contribution in [0.15, 0.2) is 87.0 Å². The van der Waals surface area contributed by atoms with Crippen LogP contribution in [0.5, 0.6) is 11.5 Å². The van der Waals surface area contributed by atoms with Gasteiger partial charge in [0.25, 0.3) is 5.91 Å². The summed E-state index contributed by atoms with van der Waals surface area (Å²) in [6.45, 7) is 6.89. The van der Waals surface area contributed by atoms with Gasteiger partial charge in [-0.15, -0.1) is 0 Å². The van der Waals surface area contributed by atoms with Crippen molar-refractivity contribution < 1.29 is 18.7 Å². The molecule has 5 heterocycles. The lowest BCUT2D eigenvalue weighted by atomic mass is 10.0. The summed E-state index contributed by atoms with van der Waals surface area (Å²) in [4.78, 5) is 32.2. The first-order valence-electron chi connectivity index (χ1n) is 17.4. The van der Waals surface area contributed by atoms with Crippen LogP contribution in [0, 0.1) is 18.3 Å². The van der Waals surface area contributed by atoms with Gasteiger partial charge in [0.2, 0.25) is 6.79 Å². The third-order valence-corrected chi connectivity index (χ3v) is 10.5. The van der Waals surface area contributed by atoms with E-state index in [9.17, 15) is 10.1 Å². The van der Waals surface area contributed by atoms with Crippen LogP contribution in [0.3, 0.4) is 0 Å². The predicted molar refractivity (Wildman–Crippen MR) is 204 cm³/mol. The van der Waals surface area contributed by atoms with Crippen molar-refractivity contribution in [3.05, 3.63) is 83.9 Å². The van der Waals surface area contributed by atoms with Crippen LogP contribution in [0.25, 0.3) is 39.3 Å². The average molecular weight is 728 g/mol. The Bertz CT molecular complexity index is 2420. The van der Waals surface area contributed by atoms with Crippen molar-refractivity contribution in [3.63, 3.8) is 0 Å². The van der Waals surface area contributed by atoms with Crippen LogP contribution >= 0.6 is 11.8 Å². The number of anilines is 2. The van der Waals surface area contributed by atoms with Crippen molar-refractivity contribution in [3.8, 4) is 28.9 Å². The number of nitrogens with two attached hydrogens (primary N) is 1. The Kier molecular flexibility index (Phi) is 9.34. The summed E-state index contributed by atoms with van der Waals surface area (Å²) in [5.41, 5.74) is 10.1. The molecular weight excluding hydrogens is 691 g/mol. The summed E-state index contributed by atoms with van der Waals surface area (Å²) in [7, 11) is 2.15. The van der Waals surface area contributed by atoms with Crippen LogP contribution in [0.1, 0.15) is 17.7 Å². The number of hydrogen-bond donors (Lipinski definition) is 2. The first kappa shape index (κ1) is 34.1. The zero-order chi connectivity index (χ0) is 36.5. The number of ether oxygens (including phenoxy) is 2. The van der Waals surface area contributed by atoms with Gasteiger partial charge in [-0.1, -0.05) is 30.0 Å². The molecule has 1 amide bonds. The van der Waals surface area contributed by atoms with E-state index in [4.69, 9.17) is 24.6 Å². The van der Waals surface area contributed by atoms with E-state index < -0.39 is 5.91 Å². The summed E-state index contributed by atoms with van der Waals surface area (Å²) in [6, 6.07) is 22.1. The number of amides is 1. The molecule has 0 aliphatic carbocycles. The molecule has 13 nitrogen and oxygen atoms in total. The second kappa shape index (κ2) is 14.5. The summed E-state index contributed by atoms with van der Waals surface area (Å²) in [5, 5.41) is 15.6. The lowest BCUT2D eigenvalue weighted by Gasteiger charge is -2.34. The monoisotopic (exact) mass is 727 g/mol. The highest BCUT2D eigenvalue weighted by atomic mass is 32.2. The standard InChI is InChI=1S/C39H37N9O4S/c1-24-4-9-31(52-24)30-19-32-33(51-23-50-32)20-34(30)53-39-45-35-36(41)43-22-44-37(35)48(39)11-3-10-42-38(49)28(21-40)17-25-5-6-27-18-29(8-7-26(27)16-25)47-14-12-46(2)13-15-47/h4-9,16-20,22H,3,10-15,23H2,1-2H3,(H,42,49)(H2,41,43,44)/b28-17+. The van der Waals surface area contributed by atoms with Crippen LogP contribution in [-0.4, -0.2) is 76.9 Å². The number of carbonyl (C=O) groups excluding carboxylic acids is 1. The van der Waals surface area contributed by atoms with Crippen molar-refractivity contribution in [2.45, 2.75) is 29.9 Å². The molecule has 0 spiro atoms. The Morgan fingerprint density at radius 3 is 2.60 bits per heavy atom. The molecule has 3 N–H and O–H groups in total. The fourth-order valence-electron chi connectivity index (χ4n) is 6.54. The Balaban J connectivity index is 0.967. The minimum Gasteiger partial charge on any atom is -0.461 e. The smallest absolute Gasteiger partial charge is 0.261 e. The van der Waals surface area contributed by atoms with Gasteiger partial charge in [0.05, 0.1) is 0 Å². The quantitative estimate of drug-likeness (QED) is 0.0982. The second-order valence-electron chi connectivity index (χ2n) is 13.1. The summed E-state index contributed by atoms with van der Waals surface area (Å²) < 4.78 is 19.3. The molecule has 268 valence electrons. The molecule has 0 bridgehead atoms. The molecule has 6 aromatic rings. The highest BCUT2D eigenvalue weighted by molar-refractivity contribution is 7.99. The Hall–Kier alpha value is -6.04. The third kappa shape index (κ3) is 7.09. The molecule has 3 aromatic carbocycles. The van der Waals surface area contributed by atoms with Gasteiger partial charge in [0.1, 0.15) is 29.5 Å². The molecule has 3 aromatic heterocycles. The van der Waals surface area contributed by atoms with E-state index in [-0.39, 0.29) is 18.2 Å². The number of nitrogens with one attached hydrogen (secondary N) is 1. The molecule has 53 heavy (non-hydrogen) atoms. The normalized spacial score (nSPS) is 14.6. The number of piperazine rings is 1. The minimum absolute atomic E-state index is 0.0340. The second-order valence-corrected chi connectivity index (χ2v) is 14.1. The van der Waals surface area contributed by atoms with E-state index in [1.807, 2.05) is 54.0 Å². The van der Waals surface area contributed by atoms with E-state index >= 15 is 0 Å². The van der Waals surface area contributed by atoms with Gasteiger partial charge in [-0.2, -0.15) is 5.26 Å². The van der Waals surface area contributed by atoms with Gasteiger partial charge in [0, 0.05) is 55.4 Å². The minimum atomic E-state index is -0.437. The molecule has 0 radical (unpaired) electrons. The van der Waals surface area contributed by atoms with Crippen molar-refractivity contribution in [2.24, 2.45) is 0 Å². The van der Waals surface area contributed by atoms with Gasteiger partial charge in [-0.05, 0) is 85.3 Å². The summed E-state index contributed by atoms with van der Waals surface area (Å²) in [5.74, 6) is 2.57. The van der Waals surface area contributed by atoms with Crippen molar-refractivity contribution in [1.82, 2.24) is 29.7 Å². The molecule has 8 rings (SSSR count). The Labute approximate surface area is 310 Å². The van der Waals surface area contributed by atoms with Crippen LogP contribution in [0.4, 0.5) is 11.5 Å². The van der Waals surface area contributed by atoms with Gasteiger partial charge in [0.15, 0.2) is 33.6 Å². The Morgan fingerprint density at radius 2 is 1.81 bits per heavy atom. The first-order valence-corrected chi connectivity index (χ1v) is 18.2. The molecule has 14 heteroatoms. The van der Waals surface area contributed by atoms with Gasteiger partial charge < -0.3 is 39.3 Å². The molecule has 0 saturated carbocycles. The number of likely N-dealkylation sites (N-methyl/N-ethyl adjacent to an activating group) is 1. The number of benzene rings is 3. The maximum atomic E-state index is 13.2. The lowest BCUT2D eigenvalue weighted by molar-refractivity contribution is -0.117.